The number of carbonyl (C=O) groups is 8. The van der Waals surface area contributed by atoms with Crippen LogP contribution in [0.5, 0.6) is 0 Å². The number of carboxylic acid groups (broad SMARTS) is 1. The summed E-state index contributed by atoms with van der Waals surface area (Å²) in [6.45, 7) is 15.0. The number of aliphatic carboxylic acids is 1. The standard InChI is InChI=1S/C74H93N5O13/c1-49-17-18-52-22-26-62-71(3,57(52)45-49)32-11-34-73(62,5)69(87)78-70(88)74(6)35-12-33-72(4)58-47-56(24-21-53(58)23-27-63(72)74)76-68(86)50(2)46-61(80)59(25-30-67(84)85)77-65(82)31-37-89-39-41-91-43-44-92-42-40-90-38-36-75-64(81)28-29-66(83)79-48-55-15-8-7-13-51(55)19-20-54-14-9-10-16-60(54)79/h7-10,13-18,21,24,45,47,50,59,62-63H,11-12,22-23,25-44,46,48H2,1-6H3,(H,75,81)(H,76,86)(H,77,82)(H,84,85)(H,78,87,88)/t50-,59+,62-,63-,71-,72-,73+,74+/m1/s1. The van der Waals surface area contributed by atoms with Crippen LogP contribution in [0.4, 0.5) is 11.4 Å². The molecule has 92 heavy (non-hydrogen) atoms. The number of amides is 6. The Morgan fingerprint density at radius 3 is 1.83 bits per heavy atom. The van der Waals surface area contributed by atoms with Gasteiger partial charge in [-0.2, -0.15) is 0 Å². The third kappa shape index (κ3) is 16.2. The summed E-state index contributed by atoms with van der Waals surface area (Å²) in [5, 5.41) is 21.0. The predicted octanol–water partition coefficient (Wildman–Crippen LogP) is 9.54. The first-order valence-electron chi connectivity index (χ1n) is 33.1. The molecule has 18 heteroatoms. The summed E-state index contributed by atoms with van der Waals surface area (Å²) in [4.78, 5) is 109. The topological polar surface area (TPSA) is 245 Å². The van der Waals surface area contributed by atoms with Crippen molar-refractivity contribution in [1.82, 2.24) is 16.0 Å². The fourth-order valence-electron chi connectivity index (χ4n) is 15.5. The Balaban J connectivity index is 0.644. The van der Waals surface area contributed by atoms with Crippen LogP contribution in [0.2, 0.25) is 0 Å². The summed E-state index contributed by atoms with van der Waals surface area (Å²) in [7, 11) is 0. The van der Waals surface area contributed by atoms with E-state index in [1.165, 1.54) is 16.7 Å². The number of carboxylic acids is 1. The summed E-state index contributed by atoms with van der Waals surface area (Å²) >= 11 is 0. The van der Waals surface area contributed by atoms with Crippen LogP contribution in [0.1, 0.15) is 169 Å². The van der Waals surface area contributed by atoms with Crippen molar-refractivity contribution in [3.05, 3.63) is 129 Å². The van der Waals surface area contributed by atoms with Crippen molar-refractivity contribution in [2.75, 3.05) is 69.6 Å². The summed E-state index contributed by atoms with van der Waals surface area (Å²) in [5.74, 6) is 2.36. The highest BCUT2D eigenvalue weighted by Gasteiger charge is 2.58. The van der Waals surface area contributed by atoms with Gasteiger partial charge in [-0.3, -0.25) is 43.7 Å². The molecule has 6 amide bonds. The van der Waals surface area contributed by atoms with E-state index in [1.807, 2.05) is 73.7 Å². The number of hydrogen-bond acceptors (Lipinski definition) is 12. The maximum atomic E-state index is 14.8. The molecule has 8 atom stereocenters. The minimum absolute atomic E-state index is 0.0292. The number of ketones is 1. The summed E-state index contributed by atoms with van der Waals surface area (Å²) in [6.07, 6.45) is 7.56. The van der Waals surface area contributed by atoms with E-state index in [4.69, 9.17) is 18.9 Å². The third-order valence-electron chi connectivity index (χ3n) is 20.6. The maximum Gasteiger partial charge on any atom is 0.303 e. The Morgan fingerprint density at radius 2 is 1.18 bits per heavy atom. The second kappa shape index (κ2) is 30.9. The van der Waals surface area contributed by atoms with Crippen LogP contribution in [0.15, 0.2) is 84.9 Å². The van der Waals surface area contributed by atoms with Crippen molar-refractivity contribution in [3.63, 3.8) is 0 Å². The molecular formula is C74H93N5O13. The van der Waals surface area contributed by atoms with E-state index in [2.05, 4.69) is 79.0 Å². The van der Waals surface area contributed by atoms with E-state index in [1.54, 1.807) is 11.8 Å². The minimum atomic E-state index is -1.13. The molecule has 0 radical (unpaired) electrons. The van der Waals surface area contributed by atoms with E-state index in [0.29, 0.717) is 45.1 Å². The molecule has 0 aromatic heterocycles. The van der Waals surface area contributed by atoms with E-state index in [9.17, 15) is 43.5 Å². The van der Waals surface area contributed by atoms with Crippen molar-refractivity contribution in [2.24, 2.45) is 28.6 Å². The van der Waals surface area contributed by atoms with Crippen LogP contribution in [0, 0.1) is 47.3 Å². The molecule has 0 spiro atoms. The van der Waals surface area contributed by atoms with Gasteiger partial charge < -0.3 is 44.9 Å². The van der Waals surface area contributed by atoms with Crippen molar-refractivity contribution >= 4 is 58.6 Å². The third-order valence-corrected chi connectivity index (χ3v) is 20.6. The number of hydrogen-bond donors (Lipinski definition) is 5. The molecule has 5 aliphatic rings. The number of anilines is 2. The number of para-hydroxylation sites is 1. The van der Waals surface area contributed by atoms with Gasteiger partial charge in [0.15, 0.2) is 5.78 Å². The number of Topliss-reactive ketones (excluding diaryl/α,β-unsaturated/α-hetero) is 1. The van der Waals surface area contributed by atoms with Gasteiger partial charge in [-0.25, -0.2) is 0 Å². The molecule has 1 heterocycles. The molecule has 0 unspecified atom stereocenters. The van der Waals surface area contributed by atoms with E-state index < -0.39 is 51.8 Å². The highest BCUT2D eigenvalue weighted by molar-refractivity contribution is 6.01. The Labute approximate surface area is 541 Å². The molecule has 5 N–H and O–H groups in total. The Morgan fingerprint density at radius 1 is 0.620 bits per heavy atom. The van der Waals surface area contributed by atoms with Gasteiger partial charge in [0.25, 0.3) is 0 Å². The zero-order chi connectivity index (χ0) is 65.6. The Hall–Kier alpha value is -7.56. The van der Waals surface area contributed by atoms with E-state index in [-0.39, 0.29) is 112 Å². The molecule has 1 aliphatic heterocycles. The number of nitrogens with one attached hydrogen (secondary N) is 4. The van der Waals surface area contributed by atoms with Crippen LogP contribution in [-0.4, -0.2) is 118 Å². The average Bonchev–Trinajstić information content (AvgIpc) is 0.728. The zero-order valence-electron chi connectivity index (χ0n) is 54.6. The molecule has 2 fully saturated rings. The predicted molar refractivity (Wildman–Crippen MR) is 349 cm³/mol. The molecule has 4 aromatic carbocycles. The first-order chi connectivity index (χ1) is 44.1. The number of ether oxygens (including phenoxy) is 4. The van der Waals surface area contributed by atoms with Gasteiger partial charge in [0, 0.05) is 61.4 Å². The van der Waals surface area contributed by atoms with Crippen molar-refractivity contribution in [2.45, 2.75) is 168 Å². The SMILES string of the molecule is Cc1ccc2c(c1)[C@@]1(C)CCC[C@](C)(C(=O)NC(=O)[C@@]3(C)CCC[C@]4(C)c5cc(NC(=O)[C@H](C)CC(=O)[C@H](CCC(=O)O)NC(=O)CCOCCOCCOCCOCCNC(=O)CCC(=O)N6Cc7ccccc7C#Cc7ccccc76)ccc5CC[C@@H]34)[C@@H]1CC2. The lowest BCUT2D eigenvalue weighted by atomic mass is 9.49. The van der Waals surface area contributed by atoms with Crippen molar-refractivity contribution in [3.8, 4) is 11.8 Å². The fourth-order valence-corrected chi connectivity index (χ4v) is 15.5. The second-order valence-electron chi connectivity index (χ2n) is 26.9. The van der Waals surface area contributed by atoms with Gasteiger partial charge in [0.1, 0.15) is 0 Å². The molecule has 18 nitrogen and oxygen atoms in total. The van der Waals surface area contributed by atoms with Gasteiger partial charge in [-0.1, -0.05) is 119 Å². The molecule has 9 rings (SSSR count). The first-order valence-corrected chi connectivity index (χ1v) is 33.1. The lowest BCUT2D eigenvalue weighted by Crippen LogP contribution is -2.60. The van der Waals surface area contributed by atoms with Crippen LogP contribution >= 0.6 is 0 Å². The largest absolute Gasteiger partial charge is 0.481 e. The molecule has 4 aliphatic carbocycles. The van der Waals surface area contributed by atoms with Crippen LogP contribution < -0.4 is 26.2 Å². The Bertz CT molecular complexity index is 3450. The van der Waals surface area contributed by atoms with Gasteiger partial charge in [0.05, 0.1) is 82.0 Å². The lowest BCUT2D eigenvalue weighted by Gasteiger charge is -2.56. The number of rotatable bonds is 29. The number of imide groups is 1. The molecular weight excluding hydrogens is 1170 g/mol. The summed E-state index contributed by atoms with van der Waals surface area (Å²) in [5.41, 5.74) is 7.96. The quantitative estimate of drug-likeness (QED) is 0.0193. The Kier molecular flexibility index (Phi) is 23.1. The number of nitrogens with zero attached hydrogens (tertiary/aromatic N) is 1. The lowest BCUT2D eigenvalue weighted by molar-refractivity contribution is -0.150. The maximum absolute atomic E-state index is 14.8. The van der Waals surface area contributed by atoms with E-state index >= 15 is 0 Å². The van der Waals surface area contributed by atoms with Gasteiger partial charge in [-0.15, -0.1) is 0 Å². The number of benzene rings is 4. The van der Waals surface area contributed by atoms with Crippen LogP contribution in [0.25, 0.3) is 0 Å². The highest BCUT2D eigenvalue weighted by atomic mass is 16.6. The van der Waals surface area contributed by atoms with Crippen molar-refractivity contribution in [1.29, 1.82) is 0 Å². The summed E-state index contributed by atoms with van der Waals surface area (Å²) < 4.78 is 22.3. The molecule has 492 valence electrons. The minimum Gasteiger partial charge on any atom is -0.481 e. The molecule has 0 bridgehead atoms. The molecule has 2 saturated carbocycles. The second-order valence-corrected chi connectivity index (χ2v) is 26.9. The molecule has 4 aromatic rings. The first kappa shape index (κ1) is 68.8. The van der Waals surface area contributed by atoms with Crippen LogP contribution in [0.3, 0.4) is 0 Å². The number of carbonyl (C=O) groups excluding carboxylic acids is 7. The smallest absolute Gasteiger partial charge is 0.303 e. The average molecular weight is 1260 g/mol. The fraction of sp³-hybridized carbons (Fsp3) is 0.541. The summed E-state index contributed by atoms with van der Waals surface area (Å²) in [6, 6.07) is 26.8. The normalized spacial score (nSPS) is 23.3. The van der Waals surface area contributed by atoms with E-state index in [0.717, 1.165) is 91.3 Å². The highest BCUT2D eigenvalue weighted by Crippen LogP contribution is 2.60. The zero-order valence-corrected chi connectivity index (χ0v) is 54.6. The monoisotopic (exact) mass is 1260 g/mol. The molecule has 0 saturated heterocycles. The van der Waals surface area contributed by atoms with Crippen LogP contribution in [-0.2, 0) is 87.5 Å². The number of fused-ring (bicyclic) bond motifs is 8. The van der Waals surface area contributed by atoms with Crippen molar-refractivity contribution < 1.29 is 62.4 Å². The van der Waals surface area contributed by atoms with Gasteiger partial charge in [0.2, 0.25) is 35.4 Å². The number of aryl methyl sites for hydroxylation is 3. The van der Waals surface area contributed by atoms with Gasteiger partial charge in [-0.05, 0) is 146 Å². The van der Waals surface area contributed by atoms with Gasteiger partial charge >= 0.3 is 5.97 Å².